The first-order valence-electron chi connectivity index (χ1n) is 8.22. The van der Waals surface area contributed by atoms with E-state index in [1.165, 1.54) is 0 Å². The van der Waals surface area contributed by atoms with Gasteiger partial charge in [0.2, 0.25) is 5.91 Å². The number of benzene rings is 2. The lowest BCUT2D eigenvalue weighted by Crippen LogP contribution is -2.36. The standard InChI is InChI=1S/C20H18N2O4/c21-9-10-26-17-7-5-16(6-8-17)22-18(23)13-20(19(24)25)11-14-3-1-2-4-15(14)12-20/h1-8H,10-13H2,(H,22,23)(H,24,25). The molecule has 1 aliphatic carbocycles. The van der Waals surface area contributed by atoms with E-state index < -0.39 is 11.4 Å². The Bertz CT molecular complexity index is 843. The number of carbonyl (C=O) groups excluding carboxylic acids is 1. The van der Waals surface area contributed by atoms with Gasteiger partial charge in [0, 0.05) is 12.1 Å². The third-order valence-electron chi connectivity index (χ3n) is 4.57. The summed E-state index contributed by atoms with van der Waals surface area (Å²) in [6.45, 7) is -0.0482. The van der Waals surface area contributed by atoms with E-state index in [-0.39, 0.29) is 18.9 Å². The monoisotopic (exact) mass is 350 g/mol. The molecule has 2 aromatic rings. The Morgan fingerprint density at radius 1 is 1.12 bits per heavy atom. The van der Waals surface area contributed by atoms with Crippen molar-refractivity contribution in [1.82, 2.24) is 0 Å². The van der Waals surface area contributed by atoms with Crippen LogP contribution in [0.2, 0.25) is 0 Å². The molecule has 3 rings (SSSR count). The van der Waals surface area contributed by atoms with Crippen LogP contribution >= 0.6 is 0 Å². The Hall–Kier alpha value is -3.33. The number of hydrogen-bond donors (Lipinski definition) is 2. The van der Waals surface area contributed by atoms with E-state index in [1.54, 1.807) is 24.3 Å². The van der Waals surface area contributed by atoms with Crippen molar-refractivity contribution in [3.63, 3.8) is 0 Å². The first-order valence-corrected chi connectivity index (χ1v) is 8.22. The molecule has 1 aliphatic rings. The molecule has 2 aromatic carbocycles. The van der Waals surface area contributed by atoms with Crippen LogP contribution < -0.4 is 10.1 Å². The van der Waals surface area contributed by atoms with Gasteiger partial charge in [-0.25, -0.2) is 0 Å². The summed E-state index contributed by atoms with van der Waals surface area (Å²) in [5.41, 5.74) is 1.42. The number of rotatable bonds is 6. The van der Waals surface area contributed by atoms with Gasteiger partial charge in [-0.2, -0.15) is 5.26 Å². The smallest absolute Gasteiger partial charge is 0.310 e. The van der Waals surface area contributed by atoms with E-state index in [9.17, 15) is 14.7 Å². The van der Waals surface area contributed by atoms with E-state index in [2.05, 4.69) is 5.32 Å². The Morgan fingerprint density at radius 3 is 2.27 bits per heavy atom. The molecule has 0 unspecified atom stereocenters. The molecule has 132 valence electrons. The molecule has 0 fully saturated rings. The number of ether oxygens (including phenoxy) is 1. The highest BCUT2D eigenvalue weighted by atomic mass is 16.5. The van der Waals surface area contributed by atoms with E-state index in [4.69, 9.17) is 10.00 Å². The van der Waals surface area contributed by atoms with Crippen LogP contribution in [0.3, 0.4) is 0 Å². The second kappa shape index (κ2) is 7.28. The van der Waals surface area contributed by atoms with Crippen LogP contribution in [0.15, 0.2) is 48.5 Å². The van der Waals surface area contributed by atoms with Gasteiger partial charge in [-0.05, 0) is 48.2 Å². The van der Waals surface area contributed by atoms with E-state index in [1.807, 2.05) is 30.3 Å². The zero-order valence-corrected chi connectivity index (χ0v) is 14.1. The Labute approximate surface area is 151 Å². The summed E-state index contributed by atoms with van der Waals surface area (Å²) in [6, 6.07) is 16.1. The predicted octanol–water partition coefficient (Wildman–Crippen LogP) is 2.79. The number of nitriles is 1. The number of amides is 1. The van der Waals surface area contributed by atoms with Gasteiger partial charge in [0.25, 0.3) is 0 Å². The minimum Gasteiger partial charge on any atom is -0.481 e. The Kier molecular flexibility index (Phi) is 4.90. The number of hydrogen-bond acceptors (Lipinski definition) is 4. The number of nitrogens with one attached hydrogen (secondary N) is 1. The van der Waals surface area contributed by atoms with Crippen molar-refractivity contribution in [2.45, 2.75) is 19.3 Å². The number of fused-ring (bicyclic) bond motifs is 1. The van der Waals surface area contributed by atoms with Crippen molar-refractivity contribution in [1.29, 1.82) is 5.26 Å². The van der Waals surface area contributed by atoms with Crippen molar-refractivity contribution in [2.24, 2.45) is 5.41 Å². The molecule has 0 atom stereocenters. The molecular weight excluding hydrogens is 332 g/mol. The van der Waals surface area contributed by atoms with Gasteiger partial charge in [-0.3, -0.25) is 9.59 Å². The predicted molar refractivity (Wildman–Crippen MR) is 94.7 cm³/mol. The Balaban J connectivity index is 1.67. The molecule has 6 nitrogen and oxygen atoms in total. The van der Waals surface area contributed by atoms with E-state index >= 15 is 0 Å². The van der Waals surface area contributed by atoms with Gasteiger partial charge in [-0.1, -0.05) is 24.3 Å². The maximum absolute atomic E-state index is 12.4. The van der Waals surface area contributed by atoms with Crippen molar-refractivity contribution in [3.8, 4) is 11.8 Å². The molecule has 0 spiro atoms. The highest BCUT2D eigenvalue weighted by Gasteiger charge is 2.45. The maximum atomic E-state index is 12.4. The Morgan fingerprint density at radius 2 is 1.73 bits per heavy atom. The summed E-state index contributed by atoms with van der Waals surface area (Å²) in [4.78, 5) is 24.3. The van der Waals surface area contributed by atoms with Gasteiger partial charge in [0.15, 0.2) is 6.61 Å². The van der Waals surface area contributed by atoms with Gasteiger partial charge >= 0.3 is 5.97 Å². The quantitative estimate of drug-likeness (QED) is 0.834. The molecule has 0 heterocycles. The van der Waals surface area contributed by atoms with Crippen molar-refractivity contribution in [3.05, 3.63) is 59.7 Å². The lowest BCUT2D eigenvalue weighted by atomic mass is 9.81. The first-order chi connectivity index (χ1) is 12.5. The van der Waals surface area contributed by atoms with Gasteiger partial charge in [0.1, 0.15) is 11.8 Å². The number of nitrogens with zero attached hydrogens (tertiary/aromatic N) is 1. The van der Waals surface area contributed by atoms with Crippen LogP contribution in [0, 0.1) is 16.7 Å². The lowest BCUT2D eigenvalue weighted by molar-refractivity contribution is -0.150. The molecule has 0 saturated carbocycles. The molecule has 0 aromatic heterocycles. The van der Waals surface area contributed by atoms with Gasteiger partial charge in [0.05, 0.1) is 5.41 Å². The lowest BCUT2D eigenvalue weighted by Gasteiger charge is -2.23. The number of aliphatic carboxylic acids is 1. The molecule has 6 heteroatoms. The summed E-state index contributed by atoms with van der Waals surface area (Å²) < 4.78 is 5.15. The largest absolute Gasteiger partial charge is 0.481 e. The van der Waals surface area contributed by atoms with Crippen molar-refractivity contribution >= 4 is 17.6 Å². The minimum absolute atomic E-state index is 0.0482. The van der Waals surface area contributed by atoms with E-state index in [0.29, 0.717) is 24.3 Å². The van der Waals surface area contributed by atoms with Crippen LogP contribution in [0.4, 0.5) is 5.69 Å². The molecule has 0 radical (unpaired) electrons. The fraction of sp³-hybridized carbons (Fsp3) is 0.250. The zero-order valence-electron chi connectivity index (χ0n) is 14.1. The third-order valence-corrected chi connectivity index (χ3v) is 4.57. The molecule has 0 aliphatic heterocycles. The van der Waals surface area contributed by atoms with Gasteiger partial charge < -0.3 is 15.2 Å². The molecule has 1 amide bonds. The number of anilines is 1. The fourth-order valence-electron chi connectivity index (χ4n) is 3.31. The van der Waals surface area contributed by atoms with Crippen LogP contribution in [-0.2, 0) is 22.4 Å². The summed E-state index contributed by atoms with van der Waals surface area (Å²) in [5.74, 6) is -0.771. The van der Waals surface area contributed by atoms with Crippen LogP contribution in [0.5, 0.6) is 5.75 Å². The molecule has 0 bridgehead atoms. The average molecular weight is 350 g/mol. The van der Waals surface area contributed by atoms with Gasteiger partial charge in [-0.15, -0.1) is 0 Å². The fourth-order valence-corrected chi connectivity index (χ4v) is 3.31. The topological polar surface area (TPSA) is 99.4 Å². The summed E-state index contributed by atoms with van der Waals surface area (Å²) in [7, 11) is 0. The molecule has 26 heavy (non-hydrogen) atoms. The first kappa shape index (κ1) is 17.5. The summed E-state index contributed by atoms with van der Waals surface area (Å²) >= 11 is 0. The normalized spacial score (nSPS) is 14.1. The highest BCUT2D eigenvalue weighted by Crippen LogP contribution is 2.40. The summed E-state index contributed by atoms with van der Waals surface area (Å²) in [6.07, 6.45) is 0.615. The van der Waals surface area contributed by atoms with E-state index in [0.717, 1.165) is 11.1 Å². The van der Waals surface area contributed by atoms with Crippen LogP contribution in [0.25, 0.3) is 0 Å². The maximum Gasteiger partial charge on any atom is 0.310 e. The third kappa shape index (κ3) is 3.67. The summed E-state index contributed by atoms with van der Waals surface area (Å²) in [5, 5.41) is 21.0. The SMILES string of the molecule is N#CCOc1ccc(NC(=O)CC2(C(=O)O)Cc3ccccc3C2)cc1. The van der Waals surface area contributed by atoms with Crippen molar-refractivity contribution in [2.75, 3.05) is 11.9 Å². The van der Waals surface area contributed by atoms with Crippen LogP contribution in [-0.4, -0.2) is 23.6 Å². The zero-order chi connectivity index (χ0) is 18.6. The van der Waals surface area contributed by atoms with Crippen LogP contribution in [0.1, 0.15) is 17.5 Å². The number of carboxylic acids is 1. The second-order valence-electron chi connectivity index (χ2n) is 6.40. The number of carboxylic acid groups (broad SMARTS) is 1. The highest BCUT2D eigenvalue weighted by molar-refractivity contribution is 5.94. The van der Waals surface area contributed by atoms with Crippen molar-refractivity contribution < 1.29 is 19.4 Å². The average Bonchev–Trinajstić information content (AvgIpc) is 3.00. The molecule has 2 N–H and O–H groups in total. The number of carbonyl (C=O) groups is 2. The molecule has 0 saturated heterocycles. The minimum atomic E-state index is -1.11. The molecular formula is C20H18N2O4. The second-order valence-corrected chi connectivity index (χ2v) is 6.40.